The summed E-state index contributed by atoms with van der Waals surface area (Å²) in [5.41, 5.74) is 0. The van der Waals surface area contributed by atoms with E-state index in [9.17, 15) is 27.5 Å². The van der Waals surface area contributed by atoms with Crippen LogP contribution in [-0.4, -0.2) is 50.2 Å². The Labute approximate surface area is 145 Å². The second-order valence-corrected chi connectivity index (χ2v) is 6.98. The number of carbonyl (C=O) groups excluding carboxylic acids is 2. The third-order valence-corrected chi connectivity index (χ3v) is 4.61. The van der Waals surface area contributed by atoms with Gasteiger partial charge in [0.25, 0.3) is 5.91 Å². The summed E-state index contributed by atoms with van der Waals surface area (Å²) in [6, 6.07) is 2.29. The average molecular weight is 376 g/mol. The van der Waals surface area contributed by atoms with Crippen molar-refractivity contribution in [1.82, 2.24) is 10.0 Å². The zero-order chi connectivity index (χ0) is 19.2. The standard InChI is InChI=1S/C15H21FN2O6S/c1-4-17-14(20)10(3)24-15(21)13(9(2)19)18-25(22,23)12-7-5-11(16)6-8-12/h5-10,13,18-19H,4H2,1-3H3,(H,17,20)/t9-,10+,13-/m1/s1. The van der Waals surface area contributed by atoms with Gasteiger partial charge in [-0.15, -0.1) is 0 Å². The molecule has 0 spiro atoms. The fourth-order valence-corrected chi connectivity index (χ4v) is 3.07. The summed E-state index contributed by atoms with van der Waals surface area (Å²) in [5.74, 6) is -2.29. The van der Waals surface area contributed by atoms with E-state index in [0.717, 1.165) is 24.3 Å². The largest absolute Gasteiger partial charge is 0.451 e. The van der Waals surface area contributed by atoms with Gasteiger partial charge in [-0.2, -0.15) is 4.72 Å². The van der Waals surface area contributed by atoms with E-state index in [2.05, 4.69) is 5.32 Å². The van der Waals surface area contributed by atoms with Crippen LogP contribution in [0.25, 0.3) is 0 Å². The molecule has 0 saturated heterocycles. The molecule has 25 heavy (non-hydrogen) atoms. The number of hydrogen-bond donors (Lipinski definition) is 3. The lowest BCUT2D eigenvalue weighted by Crippen LogP contribution is -2.50. The first-order chi connectivity index (χ1) is 11.6. The van der Waals surface area contributed by atoms with Gasteiger partial charge in [-0.1, -0.05) is 0 Å². The number of aliphatic hydroxyl groups excluding tert-OH is 1. The summed E-state index contributed by atoms with van der Waals surface area (Å²) < 4.78 is 44.3. The Balaban J connectivity index is 2.91. The lowest BCUT2D eigenvalue weighted by Gasteiger charge is -2.22. The van der Waals surface area contributed by atoms with Crippen LogP contribution in [-0.2, 0) is 24.3 Å². The van der Waals surface area contributed by atoms with Crippen LogP contribution in [0.5, 0.6) is 0 Å². The van der Waals surface area contributed by atoms with Gasteiger partial charge in [-0.05, 0) is 45.0 Å². The zero-order valence-corrected chi connectivity index (χ0v) is 14.8. The Morgan fingerprint density at radius 1 is 1.24 bits per heavy atom. The number of likely N-dealkylation sites (N-methyl/N-ethyl adjacent to an activating group) is 1. The number of halogens is 1. The van der Waals surface area contributed by atoms with Crippen molar-refractivity contribution in [3.8, 4) is 0 Å². The third-order valence-electron chi connectivity index (χ3n) is 3.16. The Bertz CT molecular complexity index is 705. The highest BCUT2D eigenvalue weighted by Gasteiger charge is 2.32. The lowest BCUT2D eigenvalue weighted by atomic mass is 10.2. The minimum atomic E-state index is -4.21. The number of benzene rings is 1. The van der Waals surface area contributed by atoms with Gasteiger partial charge >= 0.3 is 5.97 Å². The van der Waals surface area contributed by atoms with Crippen molar-refractivity contribution in [2.45, 2.75) is 43.9 Å². The van der Waals surface area contributed by atoms with E-state index in [-0.39, 0.29) is 4.90 Å². The van der Waals surface area contributed by atoms with Gasteiger partial charge in [0.2, 0.25) is 10.0 Å². The summed E-state index contributed by atoms with van der Waals surface area (Å²) in [6.07, 6.45) is -2.59. The van der Waals surface area contributed by atoms with E-state index in [0.29, 0.717) is 6.54 Å². The molecule has 0 fully saturated rings. The number of nitrogens with one attached hydrogen (secondary N) is 2. The number of hydrogen-bond acceptors (Lipinski definition) is 6. The van der Waals surface area contributed by atoms with Crippen molar-refractivity contribution in [2.24, 2.45) is 0 Å². The van der Waals surface area contributed by atoms with Gasteiger partial charge in [0.1, 0.15) is 11.9 Å². The molecule has 1 aromatic rings. The van der Waals surface area contributed by atoms with Crippen LogP contribution >= 0.6 is 0 Å². The second-order valence-electron chi connectivity index (χ2n) is 5.27. The molecule has 8 nitrogen and oxygen atoms in total. The molecule has 1 aromatic carbocycles. The molecule has 1 amide bonds. The molecule has 1 rings (SSSR count). The number of sulfonamides is 1. The molecule has 3 N–H and O–H groups in total. The Morgan fingerprint density at radius 2 is 1.80 bits per heavy atom. The maximum absolute atomic E-state index is 12.9. The van der Waals surface area contributed by atoms with Crippen molar-refractivity contribution in [1.29, 1.82) is 0 Å². The van der Waals surface area contributed by atoms with E-state index in [1.807, 2.05) is 4.72 Å². The number of ether oxygens (including phenoxy) is 1. The fraction of sp³-hybridized carbons (Fsp3) is 0.467. The highest BCUT2D eigenvalue weighted by molar-refractivity contribution is 7.89. The maximum atomic E-state index is 12.9. The molecule has 3 atom stereocenters. The Hall–Kier alpha value is -2.04. The van der Waals surface area contributed by atoms with Crippen LogP contribution in [0, 0.1) is 5.82 Å². The maximum Gasteiger partial charge on any atom is 0.327 e. The number of esters is 1. The van der Waals surface area contributed by atoms with E-state index >= 15 is 0 Å². The molecule has 0 aliphatic heterocycles. The van der Waals surface area contributed by atoms with E-state index < -0.39 is 46.0 Å². The molecule has 0 unspecified atom stereocenters. The predicted molar refractivity (Wildman–Crippen MR) is 86.4 cm³/mol. The fourth-order valence-electron chi connectivity index (χ4n) is 1.81. The minimum absolute atomic E-state index is 0.288. The summed E-state index contributed by atoms with van der Waals surface area (Å²) in [7, 11) is -4.21. The van der Waals surface area contributed by atoms with E-state index in [1.54, 1.807) is 6.92 Å². The quantitative estimate of drug-likeness (QED) is 0.546. The van der Waals surface area contributed by atoms with Crippen LogP contribution in [0.2, 0.25) is 0 Å². The van der Waals surface area contributed by atoms with Gasteiger partial charge in [-0.3, -0.25) is 9.59 Å². The monoisotopic (exact) mass is 376 g/mol. The highest BCUT2D eigenvalue weighted by Crippen LogP contribution is 2.12. The molecule has 140 valence electrons. The first-order valence-electron chi connectivity index (χ1n) is 7.52. The van der Waals surface area contributed by atoms with Gasteiger partial charge in [0.15, 0.2) is 6.10 Å². The van der Waals surface area contributed by atoms with Gasteiger partial charge in [0.05, 0.1) is 11.0 Å². The molecular formula is C15H21FN2O6S. The molecule has 0 aromatic heterocycles. The van der Waals surface area contributed by atoms with Crippen LogP contribution in [0.1, 0.15) is 20.8 Å². The van der Waals surface area contributed by atoms with Crippen molar-refractivity contribution in [3.63, 3.8) is 0 Å². The minimum Gasteiger partial charge on any atom is -0.451 e. The Morgan fingerprint density at radius 3 is 2.28 bits per heavy atom. The van der Waals surface area contributed by atoms with Crippen molar-refractivity contribution in [3.05, 3.63) is 30.1 Å². The predicted octanol–water partition coefficient (Wildman–Crippen LogP) is -0.0788. The Kier molecular flexibility index (Phi) is 7.46. The summed E-state index contributed by atoms with van der Waals surface area (Å²) in [6.45, 7) is 4.52. The van der Waals surface area contributed by atoms with Crippen LogP contribution in [0.3, 0.4) is 0 Å². The first kappa shape index (κ1) is 21.0. The SMILES string of the molecule is CCNC(=O)[C@H](C)OC(=O)[C@H](NS(=O)(=O)c1ccc(F)cc1)[C@@H](C)O. The third kappa shape index (κ3) is 6.07. The van der Waals surface area contributed by atoms with E-state index in [4.69, 9.17) is 4.74 Å². The van der Waals surface area contributed by atoms with Crippen LogP contribution in [0.15, 0.2) is 29.2 Å². The lowest BCUT2D eigenvalue weighted by molar-refractivity contribution is -0.158. The van der Waals surface area contributed by atoms with Crippen molar-refractivity contribution >= 4 is 21.9 Å². The molecule has 10 heteroatoms. The van der Waals surface area contributed by atoms with Crippen molar-refractivity contribution in [2.75, 3.05) is 6.54 Å². The molecule has 0 aliphatic carbocycles. The van der Waals surface area contributed by atoms with Gasteiger partial charge in [0, 0.05) is 6.54 Å². The molecule has 0 bridgehead atoms. The molecular weight excluding hydrogens is 355 g/mol. The number of rotatable bonds is 8. The number of amides is 1. The smallest absolute Gasteiger partial charge is 0.327 e. The molecule has 0 aliphatic rings. The molecule has 0 radical (unpaired) electrons. The first-order valence-corrected chi connectivity index (χ1v) is 9.01. The van der Waals surface area contributed by atoms with Gasteiger partial charge < -0.3 is 15.2 Å². The normalized spacial score (nSPS) is 15.1. The molecule has 0 saturated carbocycles. The van der Waals surface area contributed by atoms with Crippen molar-refractivity contribution < 1.29 is 32.2 Å². The zero-order valence-electron chi connectivity index (χ0n) is 14.0. The number of aliphatic hydroxyl groups is 1. The summed E-state index contributed by atoms with van der Waals surface area (Å²) in [4.78, 5) is 23.4. The molecule has 0 heterocycles. The summed E-state index contributed by atoms with van der Waals surface area (Å²) in [5, 5.41) is 12.1. The van der Waals surface area contributed by atoms with Crippen LogP contribution in [0.4, 0.5) is 4.39 Å². The van der Waals surface area contributed by atoms with Gasteiger partial charge in [-0.25, -0.2) is 12.8 Å². The van der Waals surface area contributed by atoms with E-state index in [1.165, 1.54) is 13.8 Å². The highest BCUT2D eigenvalue weighted by atomic mass is 32.2. The second kappa shape index (κ2) is 8.88. The average Bonchev–Trinajstić information content (AvgIpc) is 2.52. The topological polar surface area (TPSA) is 122 Å². The van der Waals surface area contributed by atoms with Crippen LogP contribution < -0.4 is 10.0 Å². The summed E-state index contributed by atoms with van der Waals surface area (Å²) >= 11 is 0. The number of carbonyl (C=O) groups is 2.